The summed E-state index contributed by atoms with van der Waals surface area (Å²) in [5, 5.41) is 13.6. The van der Waals surface area contributed by atoms with Crippen molar-refractivity contribution >= 4 is 45.0 Å². The number of rotatable bonds is 4. The highest BCUT2D eigenvalue weighted by Gasteiger charge is 2.30. The van der Waals surface area contributed by atoms with E-state index in [0.29, 0.717) is 16.3 Å². The molecule has 3 aromatic rings. The minimum Gasteiger partial charge on any atom is -0.507 e. The van der Waals surface area contributed by atoms with E-state index < -0.39 is 5.91 Å². The van der Waals surface area contributed by atoms with Crippen molar-refractivity contribution in [2.24, 2.45) is 0 Å². The SMILES string of the molecule is O=C(CN1C(=O)CCC1=O)Nc1ccc(-c2nc3ccccc3s2)c(O)c1. The molecule has 0 radical (unpaired) electrons. The molecule has 1 saturated heterocycles. The maximum absolute atomic E-state index is 12.1. The zero-order valence-electron chi connectivity index (χ0n) is 14.1. The van der Waals surface area contributed by atoms with Crippen molar-refractivity contribution < 1.29 is 19.5 Å². The molecule has 0 saturated carbocycles. The van der Waals surface area contributed by atoms with Crippen molar-refractivity contribution in [1.82, 2.24) is 9.88 Å². The summed E-state index contributed by atoms with van der Waals surface area (Å²) in [6.45, 7) is -0.321. The summed E-state index contributed by atoms with van der Waals surface area (Å²) >= 11 is 1.47. The summed E-state index contributed by atoms with van der Waals surface area (Å²) in [6.07, 6.45) is 0.285. The van der Waals surface area contributed by atoms with Gasteiger partial charge in [-0.3, -0.25) is 19.3 Å². The molecule has 1 aliphatic heterocycles. The Hall–Kier alpha value is -3.26. The lowest BCUT2D eigenvalue weighted by molar-refractivity contribution is -0.141. The van der Waals surface area contributed by atoms with Gasteiger partial charge in [0.15, 0.2) is 0 Å². The van der Waals surface area contributed by atoms with Crippen LogP contribution in [0.25, 0.3) is 20.8 Å². The molecule has 136 valence electrons. The summed E-state index contributed by atoms with van der Waals surface area (Å²) < 4.78 is 1.02. The van der Waals surface area contributed by atoms with Crippen LogP contribution >= 0.6 is 11.3 Å². The molecule has 3 amide bonds. The smallest absolute Gasteiger partial charge is 0.244 e. The number of phenols is 1. The van der Waals surface area contributed by atoms with E-state index in [9.17, 15) is 19.5 Å². The second-order valence-corrected chi connectivity index (χ2v) is 7.17. The predicted molar refractivity (Wildman–Crippen MR) is 101 cm³/mol. The van der Waals surface area contributed by atoms with Gasteiger partial charge in [-0.2, -0.15) is 0 Å². The lowest BCUT2D eigenvalue weighted by atomic mass is 10.2. The van der Waals surface area contributed by atoms with E-state index in [1.807, 2.05) is 24.3 Å². The highest BCUT2D eigenvalue weighted by molar-refractivity contribution is 7.21. The van der Waals surface area contributed by atoms with E-state index in [0.717, 1.165) is 15.1 Å². The predicted octanol–water partition coefficient (Wildman–Crippen LogP) is 2.76. The Bertz CT molecular complexity index is 1030. The van der Waals surface area contributed by atoms with E-state index >= 15 is 0 Å². The van der Waals surface area contributed by atoms with Gasteiger partial charge in [0.05, 0.1) is 15.8 Å². The van der Waals surface area contributed by atoms with Crippen LogP contribution in [0.5, 0.6) is 5.75 Å². The van der Waals surface area contributed by atoms with Crippen LogP contribution in [0, 0.1) is 0 Å². The molecular formula is C19H15N3O4S. The third kappa shape index (κ3) is 3.39. The van der Waals surface area contributed by atoms with E-state index in [1.165, 1.54) is 17.4 Å². The topological polar surface area (TPSA) is 99.6 Å². The third-order valence-corrected chi connectivity index (χ3v) is 5.33. The largest absolute Gasteiger partial charge is 0.507 e. The van der Waals surface area contributed by atoms with Gasteiger partial charge >= 0.3 is 0 Å². The first-order valence-corrected chi connectivity index (χ1v) is 9.15. The van der Waals surface area contributed by atoms with Gasteiger partial charge in [0.25, 0.3) is 0 Å². The summed E-state index contributed by atoms with van der Waals surface area (Å²) in [4.78, 5) is 40.7. The molecular weight excluding hydrogens is 366 g/mol. The van der Waals surface area contributed by atoms with E-state index in [1.54, 1.807) is 12.1 Å². The molecule has 1 aromatic heterocycles. The molecule has 0 aliphatic carbocycles. The van der Waals surface area contributed by atoms with Crippen molar-refractivity contribution in [3.8, 4) is 16.3 Å². The fraction of sp³-hybridized carbons (Fsp3) is 0.158. The molecule has 0 bridgehead atoms. The fourth-order valence-electron chi connectivity index (χ4n) is 2.92. The normalized spacial score (nSPS) is 14.1. The molecule has 4 rings (SSSR count). The molecule has 1 fully saturated rings. The van der Waals surface area contributed by atoms with Gasteiger partial charge < -0.3 is 10.4 Å². The number of benzene rings is 2. The van der Waals surface area contributed by atoms with Crippen molar-refractivity contribution in [3.63, 3.8) is 0 Å². The van der Waals surface area contributed by atoms with Gasteiger partial charge in [-0.25, -0.2) is 4.98 Å². The minimum atomic E-state index is -0.495. The second kappa shape index (κ2) is 6.81. The molecule has 2 heterocycles. The Balaban J connectivity index is 1.50. The maximum Gasteiger partial charge on any atom is 0.244 e. The Morgan fingerprint density at radius 1 is 1.15 bits per heavy atom. The van der Waals surface area contributed by atoms with Gasteiger partial charge in [-0.15, -0.1) is 11.3 Å². The number of para-hydroxylation sites is 1. The van der Waals surface area contributed by atoms with Crippen LogP contribution in [-0.4, -0.2) is 39.3 Å². The first-order chi connectivity index (χ1) is 13.0. The van der Waals surface area contributed by atoms with Crippen LogP contribution in [0.2, 0.25) is 0 Å². The molecule has 0 atom stereocenters. The molecule has 27 heavy (non-hydrogen) atoms. The van der Waals surface area contributed by atoms with E-state index in [4.69, 9.17) is 0 Å². The number of nitrogens with zero attached hydrogens (tertiary/aromatic N) is 2. The number of thiazole rings is 1. The molecule has 7 nitrogen and oxygen atoms in total. The Morgan fingerprint density at radius 2 is 1.89 bits per heavy atom. The van der Waals surface area contributed by atoms with E-state index in [-0.39, 0.29) is 37.0 Å². The molecule has 1 aliphatic rings. The average molecular weight is 381 g/mol. The molecule has 2 N–H and O–H groups in total. The number of carbonyl (C=O) groups excluding carboxylic acids is 3. The van der Waals surface area contributed by atoms with Gasteiger partial charge in [-0.05, 0) is 24.3 Å². The summed E-state index contributed by atoms with van der Waals surface area (Å²) in [5.41, 5.74) is 1.80. The summed E-state index contributed by atoms with van der Waals surface area (Å²) in [6, 6.07) is 12.4. The number of fused-ring (bicyclic) bond motifs is 1. The second-order valence-electron chi connectivity index (χ2n) is 6.14. The molecule has 0 spiro atoms. The molecule has 2 aromatic carbocycles. The van der Waals surface area contributed by atoms with Gasteiger partial charge in [0.2, 0.25) is 17.7 Å². The van der Waals surface area contributed by atoms with Crippen LogP contribution in [0.4, 0.5) is 5.69 Å². The van der Waals surface area contributed by atoms with Gasteiger partial charge in [0, 0.05) is 24.6 Å². The van der Waals surface area contributed by atoms with Crippen LogP contribution < -0.4 is 5.32 Å². The number of nitrogens with one attached hydrogen (secondary N) is 1. The summed E-state index contributed by atoms with van der Waals surface area (Å²) in [5.74, 6) is -1.20. The van der Waals surface area contributed by atoms with Gasteiger partial charge in [0.1, 0.15) is 17.3 Å². The molecule has 8 heteroatoms. The number of aromatic hydroxyl groups is 1. The number of hydrogen-bond donors (Lipinski definition) is 2. The Morgan fingerprint density at radius 3 is 2.59 bits per heavy atom. The Kier molecular flexibility index (Phi) is 4.33. The van der Waals surface area contributed by atoms with Crippen molar-refractivity contribution in [3.05, 3.63) is 42.5 Å². The zero-order valence-corrected chi connectivity index (χ0v) is 15.0. The van der Waals surface area contributed by atoms with Crippen LogP contribution in [-0.2, 0) is 14.4 Å². The highest BCUT2D eigenvalue weighted by atomic mass is 32.1. The quantitative estimate of drug-likeness (QED) is 0.677. The first-order valence-electron chi connectivity index (χ1n) is 8.33. The monoisotopic (exact) mass is 381 g/mol. The lowest BCUT2D eigenvalue weighted by Crippen LogP contribution is -2.36. The van der Waals surface area contributed by atoms with Gasteiger partial charge in [-0.1, -0.05) is 12.1 Å². The third-order valence-electron chi connectivity index (χ3n) is 4.26. The average Bonchev–Trinajstić information content (AvgIpc) is 3.20. The number of phenolic OH excluding ortho intramolecular Hbond substituents is 1. The highest BCUT2D eigenvalue weighted by Crippen LogP contribution is 2.36. The summed E-state index contributed by atoms with van der Waals surface area (Å²) in [7, 11) is 0. The maximum atomic E-state index is 12.1. The Labute approximate surface area is 158 Å². The number of imide groups is 1. The first kappa shape index (κ1) is 17.2. The lowest BCUT2D eigenvalue weighted by Gasteiger charge is -2.13. The van der Waals surface area contributed by atoms with Crippen molar-refractivity contribution in [2.45, 2.75) is 12.8 Å². The number of likely N-dealkylation sites (tertiary alicyclic amines) is 1. The van der Waals surface area contributed by atoms with Crippen LogP contribution in [0.1, 0.15) is 12.8 Å². The van der Waals surface area contributed by atoms with Crippen molar-refractivity contribution in [1.29, 1.82) is 0 Å². The number of amides is 3. The zero-order chi connectivity index (χ0) is 19.0. The van der Waals surface area contributed by atoms with Crippen molar-refractivity contribution in [2.75, 3.05) is 11.9 Å². The van der Waals surface area contributed by atoms with Crippen LogP contribution in [0.15, 0.2) is 42.5 Å². The minimum absolute atomic E-state index is 0.0137. The fourth-order valence-corrected chi connectivity index (χ4v) is 3.92. The number of aromatic nitrogens is 1. The van der Waals surface area contributed by atoms with E-state index in [2.05, 4.69) is 10.3 Å². The number of anilines is 1. The number of hydrogen-bond acceptors (Lipinski definition) is 6. The number of carbonyl (C=O) groups is 3. The molecule has 0 unspecified atom stereocenters. The van der Waals surface area contributed by atoms with Crippen LogP contribution in [0.3, 0.4) is 0 Å². The standard InChI is InChI=1S/C19H15N3O4S/c23-14-9-11(20-16(24)10-22-17(25)7-8-18(22)26)5-6-12(14)19-21-13-3-1-2-4-15(13)27-19/h1-6,9,23H,7-8,10H2,(H,20,24).